The predicted octanol–water partition coefficient (Wildman–Crippen LogP) is 2.24. The van der Waals surface area contributed by atoms with Gasteiger partial charge in [0.2, 0.25) is 0 Å². The number of piperidine rings is 1. The molecule has 2 amide bonds. The molecular weight excluding hydrogens is 376 g/mol. The Morgan fingerprint density at radius 1 is 1.03 bits per heavy atom. The van der Waals surface area contributed by atoms with Gasteiger partial charge in [0.15, 0.2) is 17.2 Å². The monoisotopic (exact) mass is 400 g/mol. The van der Waals surface area contributed by atoms with Crippen LogP contribution in [0.4, 0.5) is 0 Å². The quantitative estimate of drug-likeness (QED) is 0.572. The second-order valence-electron chi connectivity index (χ2n) is 6.86. The van der Waals surface area contributed by atoms with Gasteiger partial charge >= 0.3 is 0 Å². The lowest BCUT2D eigenvalue weighted by Gasteiger charge is -2.32. The van der Waals surface area contributed by atoms with Crippen molar-refractivity contribution >= 4 is 11.8 Å². The number of phenolic OH excluding ortho intramolecular Hbond substituents is 3. The molecule has 4 N–H and O–H groups in total. The summed E-state index contributed by atoms with van der Waals surface area (Å²) in [6.07, 6.45) is 1.18. The zero-order valence-corrected chi connectivity index (χ0v) is 16.1. The molecule has 0 radical (unpaired) electrons. The SMILES string of the molecule is CCOc1ccc(C(=O)N2CCC(NC(=O)c3cc(O)c(O)c(O)c3)CC2)cc1. The molecule has 0 spiro atoms. The van der Waals surface area contributed by atoms with Crippen LogP contribution >= 0.6 is 0 Å². The third kappa shape index (κ3) is 4.71. The maximum atomic E-state index is 12.6. The number of benzene rings is 2. The number of carbonyl (C=O) groups is 2. The van der Waals surface area contributed by atoms with E-state index < -0.39 is 23.2 Å². The zero-order chi connectivity index (χ0) is 21.0. The van der Waals surface area contributed by atoms with Gasteiger partial charge in [-0.2, -0.15) is 0 Å². The topological polar surface area (TPSA) is 119 Å². The van der Waals surface area contributed by atoms with E-state index in [4.69, 9.17) is 4.74 Å². The summed E-state index contributed by atoms with van der Waals surface area (Å²) < 4.78 is 5.38. The fourth-order valence-electron chi connectivity index (χ4n) is 3.27. The van der Waals surface area contributed by atoms with E-state index in [-0.39, 0.29) is 17.5 Å². The van der Waals surface area contributed by atoms with Crippen LogP contribution < -0.4 is 10.1 Å². The molecule has 29 heavy (non-hydrogen) atoms. The van der Waals surface area contributed by atoms with Crippen LogP contribution in [0.2, 0.25) is 0 Å². The summed E-state index contributed by atoms with van der Waals surface area (Å²) >= 11 is 0. The number of hydrogen-bond acceptors (Lipinski definition) is 6. The maximum absolute atomic E-state index is 12.6. The third-order valence-electron chi connectivity index (χ3n) is 4.86. The summed E-state index contributed by atoms with van der Waals surface area (Å²) in [5.41, 5.74) is 0.636. The normalized spacial score (nSPS) is 14.4. The van der Waals surface area contributed by atoms with Gasteiger partial charge in [-0.15, -0.1) is 0 Å². The average Bonchev–Trinajstić information content (AvgIpc) is 2.72. The molecule has 0 aliphatic carbocycles. The van der Waals surface area contributed by atoms with Gasteiger partial charge in [0.1, 0.15) is 5.75 Å². The molecule has 1 fully saturated rings. The predicted molar refractivity (Wildman–Crippen MR) is 105 cm³/mol. The van der Waals surface area contributed by atoms with Crippen molar-refractivity contribution in [2.24, 2.45) is 0 Å². The summed E-state index contributed by atoms with van der Waals surface area (Å²) in [6, 6.07) is 9.07. The summed E-state index contributed by atoms with van der Waals surface area (Å²) in [6.45, 7) is 3.47. The molecule has 1 heterocycles. The highest BCUT2D eigenvalue weighted by atomic mass is 16.5. The maximum Gasteiger partial charge on any atom is 0.253 e. The molecule has 1 aliphatic heterocycles. The van der Waals surface area contributed by atoms with Gasteiger partial charge in [0.05, 0.1) is 6.61 Å². The lowest BCUT2D eigenvalue weighted by molar-refractivity contribution is 0.0698. The fraction of sp³-hybridized carbons (Fsp3) is 0.333. The third-order valence-corrected chi connectivity index (χ3v) is 4.86. The first-order chi connectivity index (χ1) is 13.9. The Labute approximate surface area is 168 Å². The van der Waals surface area contributed by atoms with Crippen LogP contribution in [0.25, 0.3) is 0 Å². The molecule has 154 valence electrons. The zero-order valence-electron chi connectivity index (χ0n) is 16.1. The Morgan fingerprint density at radius 2 is 1.62 bits per heavy atom. The molecule has 2 aromatic carbocycles. The van der Waals surface area contributed by atoms with Crippen molar-refractivity contribution in [1.29, 1.82) is 0 Å². The van der Waals surface area contributed by atoms with E-state index in [1.165, 1.54) is 0 Å². The molecular formula is C21H24N2O6. The summed E-state index contributed by atoms with van der Waals surface area (Å²) in [7, 11) is 0. The number of hydrogen-bond donors (Lipinski definition) is 4. The molecule has 0 aromatic heterocycles. The van der Waals surface area contributed by atoms with Crippen molar-refractivity contribution in [3.8, 4) is 23.0 Å². The highest BCUT2D eigenvalue weighted by Gasteiger charge is 2.25. The van der Waals surface area contributed by atoms with Crippen molar-refractivity contribution in [3.05, 3.63) is 47.5 Å². The number of rotatable bonds is 5. The molecule has 1 aliphatic rings. The van der Waals surface area contributed by atoms with Crippen LogP contribution in [0.5, 0.6) is 23.0 Å². The standard InChI is InChI=1S/C21H24N2O6/c1-2-29-16-5-3-13(4-6-16)21(28)23-9-7-15(8-10-23)22-20(27)14-11-17(24)19(26)18(25)12-14/h3-6,11-12,15,24-26H,2,7-10H2,1H3,(H,22,27). The van der Waals surface area contributed by atoms with Gasteiger partial charge in [-0.25, -0.2) is 0 Å². The first-order valence-corrected chi connectivity index (χ1v) is 9.47. The lowest BCUT2D eigenvalue weighted by Crippen LogP contribution is -2.46. The molecule has 3 rings (SSSR count). The Kier molecular flexibility index (Phi) is 6.11. The smallest absolute Gasteiger partial charge is 0.253 e. The molecule has 8 heteroatoms. The van der Waals surface area contributed by atoms with E-state index >= 15 is 0 Å². The summed E-state index contributed by atoms with van der Waals surface area (Å²) in [4.78, 5) is 26.7. The Bertz CT molecular complexity index is 866. The molecule has 1 saturated heterocycles. The average molecular weight is 400 g/mol. The van der Waals surface area contributed by atoms with Gasteiger partial charge in [0.25, 0.3) is 11.8 Å². The first kappa shape index (κ1) is 20.3. The van der Waals surface area contributed by atoms with Gasteiger partial charge in [-0.3, -0.25) is 9.59 Å². The molecule has 0 atom stereocenters. The van der Waals surface area contributed by atoms with Gasteiger partial charge < -0.3 is 30.3 Å². The number of nitrogens with one attached hydrogen (secondary N) is 1. The van der Waals surface area contributed by atoms with Crippen LogP contribution in [0.3, 0.4) is 0 Å². The van der Waals surface area contributed by atoms with Crippen LogP contribution in [-0.2, 0) is 0 Å². The van der Waals surface area contributed by atoms with Crippen molar-refractivity contribution in [3.63, 3.8) is 0 Å². The molecule has 0 saturated carbocycles. The van der Waals surface area contributed by atoms with Crippen molar-refractivity contribution < 1.29 is 29.6 Å². The van der Waals surface area contributed by atoms with Crippen LogP contribution in [0, 0.1) is 0 Å². The van der Waals surface area contributed by atoms with Crippen molar-refractivity contribution in [1.82, 2.24) is 10.2 Å². The number of phenols is 3. The second kappa shape index (κ2) is 8.72. The Morgan fingerprint density at radius 3 is 2.17 bits per heavy atom. The minimum Gasteiger partial charge on any atom is -0.504 e. The second-order valence-corrected chi connectivity index (χ2v) is 6.86. The Balaban J connectivity index is 1.55. The first-order valence-electron chi connectivity index (χ1n) is 9.47. The highest BCUT2D eigenvalue weighted by Crippen LogP contribution is 2.35. The van der Waals surface area contributed by atoms with Crippen LogP contribution in [0.1, 0.15) is 40.5 Å². The number of amides is 2. The molecule has 8 nitrogen and oxygen atoms in total. The van der Waals surface area contributed by atoms with E-state index in [0.29, 0.717) is 38.1 Å². The van der Waals surface area contributed by atoms with E-state index in [9.17, 15) is 24.9 Å². The van der Waals surface area contributed by atoms with Crippen molar-refractivity contribution in [2.75, 3.05) is 19.7 Å². The molecule has 0 unspecified atom stereocenters. The summed E-state index contributed by atoms with van der Waals surface area (Å²) in [5.74, 6) is -1.60. The number of nitrogens with zero attached hydrogens (tertiary/aromatic N) is 1. The van der Waals surface area contributed by atoms with Crippen molar-refractivity contribution in [2.45, 2.75) is 25.8 Å². The van der Waals surface area contributed by atoms with E-state index in [0.717, 1.165) is 17.9 Å². The summed E-state index contributed by atoms with van der Waals surface area (Å²) in [5, 5.41) is 31.3. The number of ether oxygens (including phenoxy) is 1. The van der Waals surface area contributed by atoms with E-state index in [1.807, 2.05) is 6.92 Å². The number of likely N-dealkylation sites (tertiary alicyclic amines) is 1. The number of carbonyl (C=O) groups excluding carboxylic acids is 2. The minimum atomic E-state index is -0.664. The fourth-order valence-corrected chi connectivity index (χ4v) is 3.27. The van der Waals surface area contributed by atoms with Gasteiger partial charge in [-0.05, 0) is 56.2 Å². The largest absolute Gasteiger partial charge is 0.504 e. The molecule has 2 aromatic rings. The van der Waals surface area contributed by atoms with Gasteiger partial charge in [-0.1, -0.05) is 0 Å². The minimum absolute atomic E-state index is 0.0469. The number of aromatic hydroxyl groups is 3. The van der Waals surface area contributed by atoms with E-state index in [1.54, 1.807) is 29.2 Å². The van der Waals surface area contributed by atoms with Gasteiger partial charge in [0, 0.05) is 30.3 Å². The van der Waals surface area contributed by atoms with Crippen LogP contribution in [-0.4, -0.2) is 57.8 Å². The Hall–Kier alpha value is -3.42. The lowest BCUT2D eigenvalue weighted by atomic mass is 10.0. The van der Waals surface area contributed by atoms with E-state index in [2.05, 4.69) is 5.32 Å². The van der Waals surface area contributed by atoms with Crippen LogP contribution in [0.15, 0.2) is 36.4 Å². The molecule has 0 bridgehead atoms. The highest BCUT2D eigenvalue weighted by molar-refractivity contribution is 5.96.